The standard InChI is InChI=1S/C69H131NO5/c1-3-5-7-9-11-13-15-17-19-30-33-37-41-45-49-53-57-61-67(72)66(65-71)70-68(73)62-58-54-50-46-42-38-34-31-28-26-24-22-21-23-25-27-29-32-36-40-44-48-52-56-60-64-75-69(74)63-59-55-51-47-43-39-35-20-18-16-14-12-10-8-6-4-2/h22-25,57,61,66-67,71-72H,3-21,26-56,58-60,62-65H2,1-2H3,(H,70,73)/b24-22-,25-23-,61-57+. The summed E-state index contributed by atoms with van der Waals surface area (Å²) in [7, 11) is 0. The van der Waals surface area contributed by atoms with Crippen LogP contribution in [-0.4, -0.2) is 47.4 Å². The normalized spacial score (nSPS) is 12.7. The van der Waals surface area contributed by atoms with Crippen molar-refractivity contribution in [2.45, 2.75) is 379 Å². The van der Waals surface area contributed by atoms with Gasteiger partial charge in [-0.2, -0.15) is 0 Å². The number of amides is 1. The highest BCUT2D eigenvalue weighted by atomic mass is 16.5. The number of nitrogens with one attached hydrogen (secondary N) is 1. The zero-order chi connectivity index (χ0) is 54.3. The van der Waals surface area contributed by atoms with Gasteiger partial charge in [0.15, 0.2) is 0 Å². The number of carbonyl (C=O) groups is 2. The molecule has 0 fully saturated rings. The van der Waals surface area contributed by atoms with Gasteiger partial charge >= 0.3 is 5.97 Å². The molecule has 0 aromatic heterocycles. The third kappa shape index (κ3) is 61.2. The molecule has 0 aliphatic heterocycles. The molecular weight excluding hydrogens is 923 g/mol. The number of carbonyl (C=O) groups excluding carboxylic acids is 2. The molecule has 3 N–H and O–H groups in total. The summed E-state index contributed by atoms with van der Waals surface area (Å²) < 4.78 is 5.49. The van der Waals surface area contributed by atoms with E-state index in [-0.39, 0.29) is 18.5 Å². The molecule has 2 atom stereocenters. The lowest BCUT2D eigenvalue weighted by atomic mass is 10.0. The lowest BCUT2D eigenvalue weighted by Gasteiger charge is -2.20. The molecule has 6 heteroatoms. The van der Waals surface area contributed by atoms with Crippen LogP contribution in [0.25, 0.3) is 0 Å². The number of rotatable bonds is 63. The first-order valence-electron chi connectivity index (χ1n) is 33.8. The molecule has 6 nitrogen and oxygen atoms in total. The van der Waals surface area contributed by atoms with E-state index in [1.807, 2.05) is 6.08 Å². The number of unbranched alkanes of at least 4 members (excludes halogenated alkanes) is 48. The molecule has 75 heavy (non-hydrogen) atoms. The first kappa shape index (κ1) is 73.1. The number of aliphatic hydroxyl groups is 2. The summed E-state index contributed by atoms with van der Waals surface area (Å²) in [5.74, 6) is -0.0596. The monoisotopic (exact) mass is 1050 g/mol. The minimum Gasteiger partial charge on any atom is -0.466 e. The fourth-order valence-corrected chi connectivity index (χ4v) is 10.5. The predicted octanol–water partition coefficient (Wildman–Crippen LogP) is 21.5. The number of hydrogen-bond acceptors (Lipinski definition) is 5. The molecule has 1 amide bonds. The maximum Gasteiger partial charge on any atom is 0.305 e. The summed E-state index contributed by atoms with van der Waals surface area (Å²) in [4.78, 5) is 24.6. The second kappa shape index (κ2) is 64.6. The van der Waals surface area contributed by atoms with Crippen LogP contribution in [0.3, 0.4) is 0 Å². The van der Waals surface area contributed by atoms with Crippen molar-refractivity contribution in [1.82, 2.24) is 5.32 Å². The third-order valence-electron chi connectivity index (χ3n) is 15.7. The highest BCUT2D eigenvalue weighted by Gasteiger charge is 2.18. The van der Waals surface area contributed by atoms with Crippen LogP contribution in [-0.2, 0) is 14.3 Å². The average Bonchev–Trinajstić information content (AvgIpc) is 3.41. The van der Waals surface area contributed by atoms with E-state index in [0.717, 1.165) is 44.9 Å². The van der Waals surface area contributed by atoms with Crippen molar-refractivity contribution in [2.24, 2.45) is 0 Å². The van der Waals surface area contributed by atoms with E-state index in [0.29, 0.717) is 19.4 Å². The van der Waals surface area contributed by atoms with Crippen molar-refractivity contribution in [1.29, 1.82) is 0 Å². The highest BCUT2D eigenvalue weighted by Crippen LogP contribution is 2.18. The Morgan fingerprint density at radius 1 is 0.373 bits per heavy atom. The third-order valence-corrected chi connectivity index (χ3v) is 15.7. The zero-order valence-corrected chi connectivity index (χ0v) is 50.5. The van der Waals surface area contributed by atoms with Crippen LogP contribution in [0, 0.1) is 0 Å². The molecule has 0 aromatic rings. The van der Waals surface area contributed by atoms with Gasteiger partial charge in [0, 0.05) is 12.8 Å². The number of hydrogen-bond donors (Lipinski definition) is 3. The number of allylic oxidation sites excluding steroid dienone is 5. The summed E-state index contributed by atoms with van der Waals surface area (Å²) in [5, 5.41) is 23.2. The number of ether oxygens (including phenoxy) is 1. The Bertz CT molecular complexity index is 1210. The fourth-order valence-electron chi connectivity index (χ4n) is 10.5. The molecule has 0 heterocycles. The Balaban J connectivity index is 3.44. The van der Waals surface area contributed by atoms with Crippen molar-refractivity contribution in [3.63, 3.8) is 0 Å². The van der Waals surface area contributed by atoms with Crippen molar-refractivity contribution in [3.8, 4) is 0 Å². The minimum atomic E-state index is -0.849. The second-order valence-electron chi connectivity index (χ2n) is 23.2. The second-order valence-corrected chi connectivity index (χ2v) is 23.2. The largest absolute Gasteiger partial charge is 0.466 e. The Hall–Kier alpha value is -1.92. The van der Waals surface area contributed by atoms with E-state index >= 15 is 0 Å². The van der Waals surface area contributed by atoms with Gasteiger partial charge < -0.3 is 20.3 Å². The van der Waals surface area contributed by atoms with Crippen LogP contribution < -0.4 is 5.32 Å². The molecule has 0 saturated heterocycles. The maximum atomic E-state index is 12.5. The van der Waals surface area contributed by atoms with Gasteiger partial charge in [0.05, 0.1) is 25.4 Å². The fraction of sp³-hybridized carbons (Fsp3) is 0.884. The maximum absolute atomic E-state index is 12.5. The van der Waals surface area contributed by atoms with Gasteiger partial charge in [-0.3, -0.25) is 9.59 Å². The molecule has 0 radical (unpaired) electrons. The molecule has 2 unspecified atom stereocenters. The molecule has 0 aliphatic carbocycles. The summed E-state index contributed by atoms with van der Waals surface area (Å²) >= 11 is 0. The lowest BCUT2D eigenvalue weighted by Crippen LogP contribution is -2.45. The molecule has 0 bridgehead atoms. The zero-order valence-electron chi connectivity index (χ0n) is 50.5. The van der Waals surface area contributed by atoms with Crippen molar-refractivity contribution in [2.75, 3.05) is 13.2 Å². The molecule has 0 rings (SSSR count). The van der Waals surface area contributed by atoms with Gasteiger partial charge in [0.25, 0.3) is 0 Å². The molecular formula is C69H131NO5. The molecule has 0 spiro atoms. The van der Waals surface area contributed by atoms with E-state index in [9.17, 15) is 19.8 Å². The van der Waals surface area contributed by atoms with Crippen LogP contribution in [0.2, 0.25) is 0 Å². The lowest BCUT2D eigenvalue weighted by molar-refractivity contribution is -0.143. The van der Waals surface area contributed by atoms with Crippen molar-refractivity contribution >= 4 is 11.9 Å². The van der Waals surface area contributed by atoms with E-state index in [1.165, 1.54) is 295 Å². The van der Waals surface area contributed by atoms with Crippen LogP contribution in [0.1, 0.15) is 367 Å². The topological polar surface area (TPSA) is 95.9 Å². The average molecular weight is 1050 g/mol. The minimum absolute atomic E-state index is 0.0123. The van der Waals surface area contributed by atoms with Gasteiger partial charge in [-0.25, -0.2) is 0 Å². The predicted molar refractivity (Wildman–Crippen MR) is 329 cm³/mol. The van der Waals surface area contributed by atoms with Crippen molar-refractivity contribution < 1.29 is 24.5 Å². The van der Waals surface area contributed by atoms with E-state index in [2.05, 4.69) is 43.5 Å². The molecule has 0 aromatic carbocycles. The van der Waals surface area contributed by atoms with E-state index < -0.39 is 12.1 Å². The number of aliphatic hydroxyl groups excluding tert-OH is 2. The Labute approximate surface area is 468 Å². The Morgan fingerprint density at radius 2 is 0.667 bits per heavy atom. The summed E-state index contributed by atoms with van der Waals surface area (Å²) in [6.45, 7) is 4.93. The SMILES string of the molecule is CCCCCCCCCCCCCCCCC/C=C/C(O)C(CO)NC(=O)CCCCCCCCCCC/C=C\C/C=C\CCCCCCCCCCCOC(=O)CCCCCCCCCCCCCCCCCC. The summed E-state index contributed by atoms with van der Waals surface area (Å²) in [6.07, 6.45) is 82.0. The van der Waals surface area contributed by atoms with Crippen LogP contribution in [0.4, 0.5) is 0 Å². The van der Waals surface area contributed by atoms with Crippen LogP contribution in [0.15, 0.2) is 36.5 Å². The van der Waals surface area contributed by atoms with Gasteiger partial charge in [0.1, 0.15) is 0 Å². The van der Waals surface area contributed by atoms with E-state index in [4.69, 9.17) is 4.74 Å². The van der Waals surface area contributed by atoms with Gasteiger partial charge in [0.2, 0.25) is 5.91 Å². The summed E-state index contributed by atoms with van der Waals surface area (Å²) in [5.41, 5.74) is 0. The van der Waals surface area contributed by atoms with E-state index in [1.54, 1.807) is 6.08 Å². The Kier molecular flexibility index (Phi) is 63.0. The first-order valence-corrected chi connectivity index (χ1v) is 33.8. The van der Waals surface area contributed by atoms with Crippen LogP contribution in [0.5, 0.6) is 0 Å². The van der Waals surface area contributed by atoms with Gasteiger partial charge in [-0.05, 0) is 64.2 Å². The van der Waals surface area contributed by atoms with Crippen LogP contribution >= 0.6 is 0 Å². The van der Waals surface area contributed by atoms with Gasteiger partial charge in [-0.15, -0.1) is 0 Å². The molecule has 0 aliphatic rings. The highest BCUT2D eigenvalue weighted by molar-refractivity contribution is 5.76. The quantitative estimate of drug-likeness (QED) is 0.0320. The molecule has 442 valence electrons. The summed E-state index contributed by atoms with van der Waals surface area (Å²) in [6, 6.07) is -0.633. The number of esters is 1. The van der Waals surface area contributed by atoms with Gasteiger partial charge in [-0.1, -0.05) is 326 Å². The first-order chi connectivity index (χ1) is 37.0. The smallest absolute Gasteiger partial charge is 0.305 e. The molecule has 0 saturated carbocycles. The Morgan fingerprint density at radius 3 is 1.01 bits per heavy atom. The van der Waals surface area contributed by atoms with Crippen molar-refractivity contribution in [3.05, 3.63) is 36.5 Å².